The Kier molecular flexibility index (Phi) is 5.16. The van der Waals surface area contributed by atoms with Crippen LogP contribution in [0.25, 0.3) is 0 Å². The van der Waals surface area contributed by atoms with E-state index in [1.165, 1.54) is 30.5 Å². The van der Waals surface area contributed by atoms with Crippen LogP contribution < -0.4 is 5.32 Å². The Balaban J connectivity index is 1.34. The summed E-state index contributed by atoms with van der Waals surface area (Å²) in [4.78, 5) is 13.0. The molecule has 1 amide bonds. The molecule has 2 aromatic rings. The number of hydrogen-bond donors (Lipinski definition) is 1. The van der Waals surface area contributed by atoms with Crippen molar-refractivity contribution in [2.75, 3.05) is 6.61 Å². The van der Waals surface area contributed by atoms with E-state index >= 15 is 0 Å². The fourth-order valence-electron chi connectivity index (χ4n) is 6.90. The van der Waals surface area contributed by atoms with E-state index in [2.05, 4.69) is 49.5 Å². The predicted octanol–water partition coefficient (Wildman–Crippen LogP) is 5.46. The van der Waals surface area contributed by atoms with E-state index in [-0.39, 0.29) is 34.7 Å². The number of carbonyl (C=O) groups is 1. The zero-order valence-corrected chi connectivity index (χ0v) is 18.4. The molecule has 5 rings (SSSR count). The van der Waals surface area contributed by atoms with Crippen molar-refractivity contribution in [3.8, 4) is 0 Å². The van der Waals surface area contributed by atoms with Gasteiger partial charge in [0.15, 0.2) is 0 Å². The summed E-state index contributed by atoms with van der Waals surface area (Å²) in [5.41, 5.74) is 2.45. The Labute approximate surface area is 184 Å². The van der Waals surface area contributed by atoms with Gasteiger partial charge in [-0.15, -0.1) is 0 Å². The second-order valence-corrected chi connectivity index (χ2v) is 10.4. The molecule has 3 nitrogen and oxygen atoms in total. The summed E-state index contributed by atoms with van der Waals surface area (Å²) in [6, 6.07) is 17.2. The van der Waals surface area contributed by atoms with Gasteiger partial charge in [0, 0.05) is 19.1 Å². The zero-order valence-electron chi connectivity index (χ0n) is 18.4. The number of hydrogen-bond acceptors (Lipinski definition) is 2. The first-order valence-corrected chi connectivity index (χ1v) is 11.6. The lowest BCUT2D eigenvalue weighted by molar-refractivity contribution is -0.137. The average Bonchev–Trinajstić information content (AvgIpc) is 3.26. The molecule has 0 aromatic heterocycles. The number of rotatable bonds is 5. The molecule has 3 fully saturated rings. The molecule has 4 heteroatoms. The molecule has 1 heterocycles. The smallest absolute Gasteiger partial charge is 0.220 e. The SMILES string of the molecule is CC1(C)[C@@H]2C[C@@H]3[C@@H](c4ccccc4)OCC[C@]3(C2)[C@H]1NC(=O)CCc1ccc(F)cc1. The normalized spacial score (nSPS) is 33.1. The van der Waals surface area contributed by atoms with Crippen LogP contribution in [0.15, 0.2) is 54.6 Å². The highest BCUT2D eigenvalue weighted by Gasteiger charge is 2.68. The number of halogens is 1. The molecule has 1 N–H and O–H groups in total. The van der Waals surface area contributed by atoms with E-state index in [1.54, 1.807) is 12.1 Å². The van der Waals surface area contributed by atoms with Crippen LogP contribution in [0.4, 0.5) is 4.39 Å². The van der Waals surface area contributed by atoms with Crippen molar-refractivity contribution in [2.24, 2.45) is 22.7 Å². The van der Waals surface area contributed by atoms with Gasteiger partial charge in [-0.3, -0.25) is 4.79 Å². The molecule has 2 aromatic carbocycles. The van der Waals surface area contributed by atoms with Gasteiger partial charge in [-0.05, 0) is 71.6 Å². The Bertz CT molecular complexity index is 941. The van der Waals surface area contributed by atoms with E-state index < -0.39 is 0 Å². The van der Waals surface area contributed by atoms with E-state index in [1.807, 2.05) is 0 Å². The van der Waals surface area contributed by atoms with Crippen LogP contribution in [0, 0.1) is 28.5 Å². The minimum Gasteiger partial charge on any atom is -0.373 e. The van der Waals surface area contributed by atoms with Gasteiger partial charge in [-0.1, -0.05) is 56.3 Å². The van der Waals surface area contributed by atoms with Crippen LogP contribution in [0.2, 0.25) is 0 Å². The third-order valence-electron chi connectivity index (χ3n) is 8.49. The molecular weight excluding hydrogens is 389 g/mol. The van der Waals surface area contributed by atoms with Crippen molar-refractivity contribution >= 4 is 5.91 Å². The Hall–Kier alpha value is -2.20. The summed E-state index contributed by atoms with van der Waals surface area (Å²) in [7, 11) is 0. The first-order chi connectivity index (χ1) is 14.9. The fourth-order valence-corrected chi connectivity index (χ4v) is 6.90. The van der Waals surface area contributed by atoms with E-state index in [4.69, 9.17) is 4.74 Å². The van der Waals surface area contributed by atoms with Gasteiger partial charge in [0.2, 0.25) is 5.91 Å². The van der Waals surface area contributed by atoms with Crippen LogP contribution in [0.3, 0.4) is 0 Å². The van der Waals surface area contributed by atoms with Gasteiger partial charge in [-0.25, -0.2) is 4.39 Å². The number of nitrogens with one attached hydrogen (secondary N) is 1. The molecule has 0 radical (unpaired) electrons. The van der Waals surface area contributed by atoms with Gasteiger partial charge in [0.1, 0.15) is 5.82 Å². The van der Waals surface area contributed by atoms with E-state index in [9.17, 15) is 9.18 Å². The Morgan fingerprint density at radius 1 is 1.13 bits per heavy atom. The number of fused-ring (bicyclic) bond motifs is 1. The molecule has 0 unspecified atom stereocenters. The van der Waals surface area contributed by atoms with Crippen molar-refractivity contribution < 1.29 is 13.9 Å². The van der Waals surface area contributed by atoms with Crippen molar-refractivity contribution in [3.05, 3.63) is 71.5 Å². The Morgan fingerprint density at radius 3 is 2.61 bits per heavy atom. The summed E-state index contributed by atoms with van der Waals surface area (Å²) in [6.45, 7) is 5.42. The molecule has 2 bridgehead atoms. The van der Waals surface area contributed by atoms with Crippen molar-refractivity contribution in [2.45, 2.75) is 58.1 Å². The van der Waals surface area contributed by atoms with Crippen LogP contribution in [0.1, 0.15) is 56.8 Å². The van der Waals surface area contributed by atoms with Gasteiger partial charge in [0.05, 0.1) is 6.10 Å². The van der Waals surface area contributed by atoms with Crippen LogP contribution >= 0.6 is 0 Å². The summed E-state index contributed by atoms with van der Waals surface area (Å²) >= 11 is 0. The average molecular weight is 422 g/mol. The maximum Gasteiger partial charge on any atom is 0.220 e. The van der Waals surface area contributed by atoms with Crippen molar-refractivity contribution in [3.63, 3.8) is 0 Å². The largest absolute Gasteiger partial charge is 0.373 e. The number of benzene rings is 2. The van der Waals surface area contributed by atoms with Crippen molar-refractivity contribution in [1.82, 2.24) is 5.32 Å². The maximum atomic E-state index is 13.1. The van der Waals surface area contributed by atoms with Crippen LogP contribution in [-0.2, 0) is 16.0 Å². The molecular formula is C27H32FNO2. The minimum atomic E-state index is -0.241. The predicted molar refractivity (Wildman–Crippen MR) is 119 cm³/mol. The summed E-state index contributed by atoms with van der Waals surface area (Å²) in [5.74, 6) is 0.914. The third-order valence-corrected chi connectivity index (χ3v) is 8.49. The first kappa shape index (κ1) is 20.7. The lowest BCUT2D eigenvalue weighted by Crippen LogP contribution is -2.58. The first-order valence-electron chi connectivity index (χ1n) is 11.6. The van der Waals surface area contributed by atoms with Gasteiger partial charge < -0.3 is 10.1 Å². The fraction of sp³-hybridized carbons (Fsp3) is 0.519. The highest BCUT2D eigenvalue weighted by Crippen LogP contribution is 2.70. The second kappa shape index (κ2) is 7.74. The maximum absolute atomic E-state index is 13.1. The molecule has 31 heavy (non-hydrogen) atoms. The van der Waals surface area contributed by atoms with Gasteiger partial charge >= 0.3 is 0 Å². The molecule has 1 aliphatic heterocycles. The number of ether oxygens (including phenoxy) is 1. The molecule has 3 aliphatic rings. The second-order valence-electron chi connectivity index (χ2n) is 10.4. The Morgan fingerprint density at radius 2 is 1.87 bits per heavy atom. The lowest BCUT2D eigenvalue weighted by Gasteiger charge is -2.53. The number of amides is 1. The van der Waals surface area contributed by atoms with Gasteiger partial charge in [0.25, 0.3) is 0 Å². The number of carbonyl (C=O) groups excluding carboxylic acids is 1. The lowest BCUT2D eigenvalue weighted by atomic mass is 9.59. The summed E-state index contributed by atoms with van der Waals surface area (Å²) < 4.78 is 19.5. The summed E-state index contributed by atoms with van der Waals surface area (Å²) in [6.07, 6.45) is 4.56. The quantitative estimate of drug-likeness (QED) is 0.696. The molecule has 1 saturated heterocycles. The van der Waals surface area contributed by atoms with E-state index in [0.29, 0.717) is 24.7 Å². The standard InChI is InChI=1S/C27H32FNO2/c1-26(2)20-16-22-24(19-6-4-3-5-7-19)31-15-14-27(22,17-20)25(26)29-23(30)13-10-18-8-11-21(28)12-9-18/h3-9,11-12,20,22,24-25H,10,13-17H2,1-2H3,(H,29,30)/t20-,22-,24-,25+,27-/m1/s1. The highest BCUT2D eigenvalue weighted by molar-refractivity contribution is 5.77. The van der Waals surface area contributed by atoms with Gasteiger partial charge in [-0.2, -0.15) is 0 Å². The van der Waals surface area contributed by atoms with Crippen LogP contribution in [-0.4, -0.2) is 18.6 Å². The topological polar surface area (TPSA) is 38.3 Å². The molecule has 2 saturated carbocycles. The van der Waals surface area contributed by atoms with Crippen molar-refractivity contribution in [1.29, 1.82) is 0 Å². The highest BCUT2D eigenvalue weighted by atomic mass is 19.1. The van der Waals surface area contributed by atoms with E-state index in [0.717, 1.165) is 18.6 Å². The molecule has 164 valence electrons. The third kappa shape index (κ3) is 3.49. The molecule has 5 atom stereocenters. The van der Waals surface area contributed by atoms with Crippen LogP contribution in [0.5, 0.6) is 0 Å². The summed E-state index contributed by atoms with van der Waals surface area (Å²) in [5, 5.41) is 3.48. The molecule has 2 aliphatic carbocycles. The number of aryl methyl sites for hydroxylation is 1. The minimum absolute atomic E-state index is 0.0839. The monoisotopic (exact) mass is 421 g/mol. The zero-order chi connectivity index (χ0) is 21.6. The molecule has 1 spiro atoms.